The summed E-state index contributed by atoms with van der Waals surface area (Å²) in [5, 5.41) is 1.30. The Kier molecular flexibility index (Phi) is 7.37. The zero-order valence-corrected chi connectivity index (χ0v) is 11.0. The van der Waals surface area contributed by atoms with E-state index in [1.54, 1.807) is 6.07 Å². The molecular formula is C11H16Cl3N. The van der Waals surface area contributed by atoms with Gasteiger partial charge in [-0.25, -0.2) is 0 Å². The van der Waals surface area contributed by atoms with Crippen LogP contribution < -0.4 is 5.73 Å². The summed E-state index contributed by atoms with van der Waals surface area (Å²) in [6, 6.07) is 5.53. The fourth-order valence-corrected chi connectivity index (χ4v) is 1.92. The molecule has 1 rings (SSSR count). The monoisotopic (exact) mass is 267 g/mol. The molecule has 1 aromatic carbocycles. The van der Waals surface area contributed by atoms with Gasteiger partial charge in [-0.15, -0.1) is 12.4 Å². The first-order valence-electron chi connectivity index (χ1n) is 4.85. The van der Waals surface area contributed by atoms with Crippen molar-refractivity contribution in [1.82, 2.24) is 0 Å². The molecule has 86 valence electrons. The van der Waals surface area contributed by atoms with Gasteiger partial charge in [0, 0.05) is 16.1 Å². The lowest BCUT2D eigenvalue weighted by Crippen LogP contribution is -2.09. The van der Waals surface area contributed by atoms with Gasteiger partial charge >= 0.3 is 0 Å². The molecule has 1 atom stereocenters. The van der Waals surface area contributed by atoms with Crippen molar-refractivity contribution in [2.45, 2.75) is 32.2 Å². The van der Waals surface area contributed by atoms with Crippen LogP contribution in [0.5, 0.6) is 0 Å². The van der Waals surface area contributed by atoms with Gasteiger partial charge in [-0.05, 0) is 30.2 Å². The average Bonchev–Trinajstić information content (AvgIpc) is 2.12. The smallest absolute Gasteiger partial charge is 0.0424 e. The SMILES string of the molecule is CCCC[C@@H](N)c1cc(Cl)cc(Cl)c1.Cl. The predicted molar refractivity (Wildman–Crippen MR) is 70.2 cm³/mol. The van der Waals surface area contributed by atoms with Crippen LogP contribution in [0.2, 0.25) is 10.0 Å². The largest absolute Gasteiger partial charge is 0.324 e. The van der Waals surface area contributed by atoms with E-state index >= 15 is 0 Å². The molecule has 0 aliphatic carbocycles. The minimum atomic E-state index is 0. The van der Waals surface area contributed by atoms with Gasteiger partial charge in [-0.1, -0.05) is 43.0 Å². The Morgan fingerprint density at radius 2 is 1.73 bits per heavy atom. The lowest BCUT2D eigenvalue weighted by molar-refractivity contribution is 0.603. The molecule has 0 fully saturated rings. The molecule has 0 aromatic heterocycles. The molecular weight excluding hydrogens is 252 g/mol. The fraction of sp³-hybridized carbons (Fsp3) is 0.455. The highest BCUT2D eigenvalue weighted by molar-refractivity contribution is 6.34. The molecule has 0 bridgehead atoms. The quantitative estimate of drug-likeness (QED) is 0.848. The Balaban J connectivity index is 0.00000196. The van der Waals surface area contributed by atoms with Crippen LogP contribution in [0.3, 0.4) is 0 Å². The van der Waals surface area contributed by atoms with Crippen LogP contribution in [0.4, 0.5) is 0 Å². The minimum Gasteiger partial charge on any atom is -0.324 e. The maximum Gasteiger partial charge on any atom is 0.0424 e. The minimum absolute atomic E-state index is 0. The number of nitrogens with two attached hydrogens (primary N) is 1. The van der Waals surface area contributed by atoms with E-state index in [2.05, 4.69) is 6.92 Å². The highest BCUT2D eigenvalue weighted by Crippen LogP contribution is 2.24. The van der Waals surface area contributed by atoms with Crippen LogP contribution in [0.1, 0.15) is 37.8 Å². The standard InChI is InChI=1S/C11H15Cl2N.ClH/c1-2-3-4-11(14)8-5-9(12)7-10(13)6-8;/h5-7,11H,2-4,14H2,1H3;1H/t11-;/m1./s1. The number of benzene rings is 1. The van der Waals surface area contributed by atoms with Crippen molar-refractivity contribution in [3.05, 3.63) is 33.8 Å². The molecule has 1 aromatic rings. The van der Waals surface area contributed by atoms with E-state index in [9.17, 15) is 0 Å². The third-order valence-electron chi connectivity index (χ3n) is 2.18. The molecule has 2 N–H and O–H groups in total. The van der Waals surface area contributed by atoms with Gasteiger partial charge in [-0.2, -0.15) is 0 Å². The van der Waals surface area contributed by atoms with Crippen molar-refractivity contribution in [3.8, 4) is 0 Å². The molecule has 4 heteroatoms. The van der Waals surface area contributed by atoms with Gasteiger partial charge in [0.15, 0.2) is 0 Å². The van der Waals surface area contributed by atoms with Crippen molar-refractivity contribution < 1.29 is 0 Å². The van der Waals surface area contributed by atoms with Gasteiger partial charge in [0.05, 0.1) is 0 Å². The second-order valence-electron chi connectivity index (χ2n) is 3.45. The van der Waals surface area contributed by atoms with Crippen LogP contribution in [0.25, 0.3) is 0 Å². The van der Waals surface area contributed by atoms with Crippen LogP contribution in [-0.2, 0) is 0 Å². The van der Waals surface area contributed by atoms with E-state index in [0.717, 1.165) is 24.8 Å². The normalized spacial score (nSPS) is 12.0. The highest BCUT2D eigenvalue weighted by Gasteiger charge is 2.06. The van der Waals surface area contributed by atoms with Crippen LogP contribution in [0, 0.1) is 0 Å². The van der Waals surface area contributed by atoms with E-state index in [-0.39, 0.29) is 18.4 Å². The van der Waals surface area contributed by atoms with Crippen molar-refractivity contribution in [3.63, 3.8) is 0 Å². The lowest BCUT2D eigenvalue weighted by Gasteiger charge is -2.12. The van der Waals surface area contributed by atoms with Gasteiger partial charge in [0.1, 0.15) is 0 Å². The summed E-state index contributed by atoms with van der Waals surface area (Å²) in [4.78, 5) is 0. The summed E-state index contributed by atoms with van der Waals surface area (Å²) in [5.41, 5.74) is 7.03. The molecule has 0 spiro atoms. The molecule has 0 saturated heterocycles. The molecule has 0 saturated carbocycles. The van der Waals surface area contributed by atoms with Crippen molar-refractivity contribution in [2.75, 3.05) is 0 Å². The van der Waals surface area contributed by atoms with Gasteiger partial charge in [0.25, 0.3) is 0 Å². The van der Waals surface area contributed by atoms with E-state index in [4.69, 9.17) is 28.9 Å². The van der Waals surface area contributed by atoms with Gasteiger partial charge < -0.3 is 5.73 Å². The average molecular weight is 269 g/mol. The third-order valence-corrected chi connectivity index (χ3v) is 2.62. The predicted octanol–water partition coefficient (Wildman–Crippen LogP) is 4.61. The van der Waals surface area contributed by atoms with Crippen LogP contribution in [0.15, 0.2) is 18.2 Å². The summed E-state index contributed by atoms with van der Waals surface area (Å²) in [6.45, 7) is 2.15. The Morgan fingerprint density at radius 1 is 1.20 bits per heavy atom. The summed E-state index contributed by atoms with van der Waals surface area (Å²) < 4.78 is 0. The number of hydrogen-bond donors (Lipinski definition) is 1. The van der Waals surface area contributed by atoms with E-state index in [1.165, 1.54) is 0 Å². The Morgan fingerprint density at radius 3 is 2.20 bits per heavy atom. The topological polar surface area (TPSA) is 26.0 Å². The second-order valence-corrected chi connectivity index (χ2v) is 4.32. The summed E-state index contributed by atoms with van der Waals surface area (Å²) in [5.74, 6) is 0. The molecule has 0 aliphatic rings. The zero-order valence-electron chi connectivity index (χ0n) is 8.67. The Bertz CT molecular complexity index is 282. The fourth-order valence-electron chi connectivity index (χ4n) is 1.38. The van der Waals surface area contributed by atoms with Crippen molar-refractivity contribution >= 4 is 35.6 Å². The Labute approximate surface area is 107 Å². The van der Waals surface area contributed by atoms with E-state index in [1.807, 2.05) is 12.1 Å². The molecule has 0 radical (unpaired) electrons. The first-order valence-corrected chi connectivity index (χ1v) is 5.60. The molecule has 0 unspecified atom stereocenters. The number of halogens is 3. The van der Waals surface area contributed by atoms with Crippen molar-refractivity contribution in [1.29, 1.82) is 0 Å². The first kappa shape index (κ1) is 15.0. The number of hydrogen-bond acceptors (Lipinski definition) is 1. The molecule has 0 amide bonds. The zero-order chi connectivity index (χ0) is 10.6. The second kappa shape index (κ2) is 7.34. The van der Waals surface area contributed by atoms with E-state index < -0.39 is 0 Å². The van der Waals surface area contributed by atoms with Crippen LogP contribution in [-0.4, -0.2) is 0 Å². The maximum absolute atomic E-state index is 6.00. The number of rotatable bonds is 4. The Hall–Kier alpha value is 0.0500. The summed E-state index contributed by atoms with van der Waals surface area (Å²) >= 11 is 11.8. The third kappa shape index (κ3) is 5.07. The summed E-state index contributed by atoms with van der Waals surface area (Å²) in [6.07, 6.45) is 3.26. The maximum atomic E-state index is 6.00. The lowest BCUT2D eigenvalue weighted by atomic mass is 10.0. The molecule has 0 aliphatic heterocycles. The molecule has 15 heavy (non-hydrogen) atoms. The van der Waals surface area contributed by atoms with Gasteiger partial charge in [0.2, 0.25) is 0 Å². The first-order chi connectivity index (χ1) is 6.63. The summed E-state index contributed by atoms with van der Waals surface area (Å²) in [7, 11) is 0. The molecule has 0 heterocycles. The van der Waals surface area contributed by atoms with Crippen molar-refractivity contribution in [2.24, 2.45) is 5.73 Å². The van der Waals surface area contributed by atoms with Gasteiger partial charge in [-0.3, -0.25) is 0 Å². The highest BCUT2D eigenvalue weighted by atomic mass is 35.5. The van der Waals surface area contributed by atoms with E-state index in [0.29, 0.717) is 10.0 Å². The number of unbranched alkanes of at least 4 members (excludes halogenated alkanes) is 1. The van der Waals surface area contributed by atoms with Crippen LogP contribution >= 0.6 is 35.6 Å². The molecule has 1 nitrogen and oxygen atoms in total.